The molecule has 4 rings (SSSR count). The molecule has 2 aliphatic rings. The van der Waals surface area contributed by atoms with Crippen molar-refractivity contribution >= 4 is 5.97 Å². The van der Waals surface area contributed by atoms with Crippen molar-refractivity contribution in [3.8, 4) is 17.2 Å². The summed E-state index contributed by atoms with van der Waals surface area (Å²) in [7, 11) is 0. The maximum atomic E-state index is 12.5. The van der Waals surface area contributed by atoms with Gasteiger partial charge in [-0.3, -0.25) is 0 Å². The van der Waals surface area contributed by atoms with Crippen LogP contribution < -0.4 is 14.2 Å². The topological polar surface area (TPSA) is 86.8 Å². The van der Waals surface area contributed by atoms with Gasteiger partial charge in [-0.05, 0) is 80.1 Å². The Hall–Kier alpha value is -2.61. The van der Waals surface area contributed by atoms with E-state index in [1.165, 1.54) is 0 Å². The van der Waals surface area contributed by atoms with Crippen molar-refractivity contribution in [1.29, 1.82) is 0 Å². The number of carbonyl (C=O) groups excluding carboxylic acids is 1. The van der Waals surface area contributed by atoms with Crippen LogP contribution in [0.3, 0.4) is 0 Å². The van der Waals surface area contributed by atoms with Gasteiger partial charge in [-0.1, -0.05) is 13.3 Å². The summed E-state index contributed by atoms with van der Waals surface area (Å²) in [5.74, 6) is 1.86. The molecule has 0 radical (unpaired) electrons. The Bertz CT molecular complexity index is 884. The molecule has 0 bridgehead atoms. The third kappa shape index (κ3) is 7.72. The standard InChI is InChI=1S/C27H34O7/c1-2-3-26(32-18-25-17-31-25)33-23-12-14-24(15-13-23)34-27(29)20-6-10-22(11-7-20)30-16-19-4-8-21(28)9-5-19/h6-7,10-15,19,21,25-26,28H,2-5,8-9,16-18H2,1H3. The summed E-state index contributed by atoms with van der Waals surface area (Å²) in [5.41, 5.74) is 0.451. The van der Waals surface area contributed by atoms with Crippen molar-refractivity contribution in [2.45, 2.75) is 63.9 Å². The summed E-state index contributed by atoms with van der Waals surface area (Å²) in [5, 5.41) is 9.61. The van der Waals surface area contributed by atoms with E-state index in [-0.39, 0.29) is 18.5 Å². The lowest BCUT2D eigenvalue weighted by Crippen LogP contribution is -2.22. The Morgan fingerprint density at radius 1 is 0.971 bits per heavy atom. The van der Waals surface area contributed by atoms with Crippen LogP contribution in [0.2, 0.25) is 0 Å². The van der Waals surface area contributed by atoms with Crippen LogP contribution >= 0.6 is 0 Å². The second kappa shape index (κ2) is 12.2. The number of aliphatic hydroxyl groups excluding tert-OH is 1. The van der Waals surface area contributed by atoms with E-state index in [0.717, 1.165) is 50.9 Å². The van der Waals surface area contributed by atoms with Crippen molar-refractivity contribution in [3.05, 3.63) is 54.1 Å². The van der Waals surface area contributed by atoms with Gasteiger partial charge in [0.15, 0.2) is 6.29 Å². The molecular weight excluding hydrogens is 436 g/mol. The van der Waals surface area contributed by atoms with Gasteiger partial charge in [0.2, 0.25) is 0 Å². The van der Waals surface area contributed by atoms with Crippen molar-refractivity contribution < 1.29 is 33.6 Å². The van der Waals surface area contributed by atoms with E-state index < -0.39 is 5.97 Å². The fourth-order valence-electron chi connectivity index (χ4n) is 3.91. The van der Waals surface area contributed by atoms with E-state index in [2.05, 4.69) is 6.92 Å². The van der Waals surface area contributed by atoms with Crippen molar-refractivity contribution in [2.75, 3.05) is 19.8 Å². The van der Waals surface area contributed by atoms with Crippen molar-refractivity contribution in [1.82, 2.24) is 0 Å². The minimum absolute atomic E-state index is 0.162. The van der Waals surface area contributed by atoms with Gasteiger partial charge in [0.1, 0.15) is 23.4 Å². The molecule has 0 spiro atoms. The summed E-state index contributed by atoms with van der Waals surface area (Å²) in [6, 6.07) is 13.9. The lowest BCUT2D eigenvalue weighted by molar-refractivity contribution is -0.0885. The number of epoxide rings is 1. The van der Waals surface area contributed by atoms with E-state index in [1.54, 1.807) is 48.5 Å². The highest BCUT2D eigenvalue weighted by atomic mass is 16.7. The van der Waals surface area contributed by atoms with Gasteiger partial charge in [-0.2, -0.15) is 0 Å². The summed E-state index contributed by atoms with van der Waals surface area (Å²) in [6.45, 7) is 4.00. The number of carbonyl (C=O) groups is 1. The summed E-state index contributed by atoms with van der Waals surface area (Å²) in [4.78, 5) is 12.5. The van der Waals surface area contributed by atoms with Crippen LogP contribution in [-0.2, 0) is 9.47 Å². The first-order valence-electron chi connectivity index (χ1n) is 12.2. The molecule has 1 N–H and O–H groups in total. The molecule has 2 fully saturated rings. The van der Waals surface area contributed by atoms with Crippen LogP contribution in [0.1, 0.15) is 55.8 Å². The molecule has 1 heterocycles. The van der Waals surface area contributed by atoms with Crippen LogP contribution in [0, 0.1) is 5.92 Å². The molecule has 2 atom stereocenters. The zero-order valence-corrected chi connectivity index (χ0v) is 19.7. The molecule has 1 saturated carbocycles. The molecule has 7 nitrogen and oxygen atoms in total. The third-order valence-electron chi connectivity index (χ3n) is 6.09. The second-order valence-corrected chi connectivity index (χ2v) is 9.00. The highest BCUT2D eigenvalue weighted by molar-refractivity contribution is 5.91. The van der Waals surface area contributed by atoms with Crippen LogP contribution in [0.5, 0.6) is 17.2 Å². The second-order valence-electron chi connectivity index (χ2n) is 9.00. The van der Waals surface area contributed by atoms with Crippen molar-refractivity contribution in [2.24, 2.45) is 5.92 Å². The smallest absolute Gasteiger partial charge is 0.343 e. The number of rotatable bonds is 12. The number of hydrogen-bond acceptors (Lipinski definition) is 7. The fourth-order valence-corrected chi connectivity index (χ4v) is 3.91. The van der Waals surface area contributed by atoms with Crippen LogP contribution in [0.4, 0.5) is 0 Å². The largest absolute Gasteiger partial charge is 0.493 e. The van der Waals surface area contributed by atoms with Gasteiger partial charge in [0, 0.05) is 6.42 Å². The van der Waals surface area contributed by atoms with Gasteiger partial charge in [-0.25, -0.2) is 4.79 Å². The van der Waals surface area contributed by atoms with E-state index in [4.69, 9.17) is 23.7 Å². The number of aliphatic hydroxyl groups is 1. The Kier molecular flexibility index (Phi) is 8.79. The highest BCUT2D eigenvalue weighted by Crippen LogP contribution is 2.26. The summed E-state index contributed by atoms with van der Waals surface area (Å²) < 4.78 is 28.2. The molecule has 7 heteroatoms. The number of benzene rings is 2. The van der Waals surface area contributed by atoms with Gasteiger partial charge in [0.25, 0.3) is 0 Å². The number of ether oxygens (including phenoxy) is 5. The van der Waals surface area contributed by atoms with E-state index in [0.29, 0.717) is 36.2 Å². The normalized spacial score (nSPS) is 22.6. The average molecular weight is 471 g/mol. The van der Waals surface area contributed by atoms with E-state index in [9.17, 15) is 9.90 Å². The molecular formula is C27H34O7. The molecule has 34 heavy (non-hydrogen) atoms. The zero-order valence-electron chi connectivity index (χ0n) is 19.7. The summed E-state index contributed by atoms with van der Waals surface area (Å²) >= 11 is 0. The van der Waals surface area contributed by atoms with Gasteiger partial charge >= 0.3 is 5.97 Å². The Morgan fingerprint density at radius 2 is 1.62 bits per heavy atom. The van der Waals surface area contributed by atoms with Gasteiger partial charge < -0.3 is 28.8 Å². The minimum atomic E-state index is -0.432. The third-order valence-corrected chi connectivity index (χ3v) is 6.09. The van der Waals surface area contributed by atoms with Crippen molar-refractivity contribution in [3.63, 3.8) is 0 Å². The highest BCUT2D eigenvalue weighted by Gasteiger charge is 2.24. The Labute approximate surface area is 200 Å². The Balaban J connectivity index is 1.23. The first kappa shape index (κ1) is 24.5. The van der Waals surface area contributed by atoms with Gasteiger partial charge in [-0.15, -0.1) is 0 Å². The lowest BCUT2D eigenvalue weighted by Gasteiger charge is -2.25. The fraction of sp³-hybridized carbons (Fsp3) is 0.519. The molecule has 2 aromatic carbocycles. The molecule has 2 aromatic rings. The molecule has 1 aliphatic carbocycles. The average Bonchev–Trinajstić information content (AvgIpc) is 3.68. The van der Waals surface area contributed by atoms with Crippen LogP contribution in [-0.4, -0.2) is 49.4 Å². The number of hydrogen-bond donors (Lipinski definition) is 1. The predicted molar refractivity (Wildman–Crippen MR) is 126 cm³/mol. The molecule has 0 aromatic heterocycles. The maximum absolute atomic E-state index is 12.5. The maximum Gasteiger partial charge on any atom is 0.343 e. The molecule has 184 valence electrons. The SMILES string of the molecule is CCCC(OCC1CO1)Oc1ccc(OC(=O)c2ccc(OCC3CCC(O)CC3)cc2)cc1. The molecule has 1 saturated heterocycles. The zero-order chi connectivity index (χ0) is 23.8. The molecule has 0 amide bonds. The minimum Gasteiger partial charge on any atom is -0.493 e. The van der Waals surface area contributed by atoms with E-state index in [1.807, 2.05) is 0 Å². The molecule has 2 unspecified atom stereocenters. The molecule has 1 aliphatic heterocycles. The first-order chi connectivity index (χ1) is 16.6. The Morgan fingerprint density at radius 3 is 2.26 bits per heavy atom. The first-order valence-corrected chi connectivity index (χ1v) is 12.2. The quantitative estimate of drug-likeness (QED) is 0.207. The van der Waals surface area contributed by atoms with Crippen LogP contribution in [0.25, 0.3) is 0 Å². The predicted octanol–water partition coefficient (Wildman–Crippen LogP) is 4.76. The monoisotopic (exact) mass is 470 g/mol. The van der Waals surface area contributed by atoms with Crippen LogP contribution in [0.15, 0.2) is 48.5 Å². The van der Waals surface area contributed by atoms with Gasteiger partial charge in [0.05, 0.1) is 31.5 Å². The summed E-state index contributed by atoms with van der Waals surface area (Å²) in [6.07, 6.45) is 5.08. The lowest BCUT2D eigenvalue weighted by atomic mass is 9.88. The number of esters is 1. The van der Waals surface area contributed by atoms with E-state index >= 15 is 0 Å².